The summed E-state index contributed by atoms with van der Waals surface area (Å²) in [6, 6.07) is -0.442. The molecule has 0 radical (unpaired) electrons. The van der Waals surface area contributed by atoms with Crippen molar-refractivity contribution in [1.29, 1.82) is 0 Å². The van der Waals surface area contributed by atoms with Gasteiger partial charge in [-0.1, -0.05) is 0 Å². The largest absolute Gasteiger partial charge is 0.357 e. The lowest BCUT2D eigenvalue weighted by Gasteiger charge is -2.33. The smallest absolute Gasteiger partial charge is 0.274 e. The number of likely N-dealkylation sites (N-methyl/N-ethyl adjacent to an activating group) is 1. The van der Waals surface area contributed by atoms with Crippen molar-refractivity contribution >= 4 is 34.2 Å². The van der Waals surface area contributed by atoms with E-state index in [4.69, 9.17) is 0 Å². The van der Waals surface area contributed by atoms with Gasteiger partial charge in [0.05, 0.1) is 0 Å². The molecule has 2 rings (SSSR count). The SMILES string of the molecule is CNC(=O)C1CCCCN1C(=O)c1csc(NC(C)=O)n1. The van der Waals surface area contributed by atoms with Crippen LogP contribution in [0.4, 0.5) is 5.13 Å². The van der Waals surface area contributed by atoms with E-state index >= 15 is 0 Å². The summed E-state index contributed by atoms with van der Waals surface area (Å²) in [5.74, 6) is -0.652. The molecular weight excluding hydrogens is 292 g/mol. The molecule has 0 spiro atoms. The molecule has 1 unspecified atom stereocenters. The number of likely N-dealkylation sites (tertiary alicyclic amines) is 1. The van der Waals surface area contributed by atoms with Crippen LogP contribution in [0.5, 0.6) is 0 Å². The first-order valence-corrected chi connectivity index (χ1v) is 7.66. The van der Waals surface area contributed by atoms with Crippen LogP contribution < -0.4 is 10.6 Å². The van der Waals surface area contributed by atoms with E-state index in [9.17, 15) is 14.4 Å². The van der Waals surface area contributed by atoms with Gasteiger partial charge >= 0.3 is 0 Å². The van der Waals surface area contributed by atoms with Crippen LogP contribution in [0.1, 0.15) is 36.7 Å². The summed E-state index contributed by atoms with van der Waals surface area (Å²) >= 11 is 1.19. The maximum atomic E-state index is 12.5. The zero-order chi connectivity index (χ0) is 15.4. The van der Waals surface area contributed by atoms with Gasteiger partial charge in [-0.2, -0.15) is 0 Å². The van der Waals surface area contributed by atoms with Crippen LogP contribution in [0.2, 0.25) is 0 Å². The second-order valence-electron chi connectivity index (χ2n) is 4.84. The van der Waals surface area contributed by atoms with Crippen molar-refractivity contribution in [2.45, 2.75) is 32.2 Å². The zero-order valence-electron chi connectivity index (χ0n) is 12.0. The molecule has 8 heteroatoms. The third kappa shape index (κ3) is 3.57. The maximum Gasteiger partial charge on any atom is 0.274 e. The molecule has 1 aliphatic rings. The molecule has 1 aliphatic heterocycles. The molecule has 114 valence electrons. The molecule has 2 heterocycles. The normalized spacial score (nSPS) is 18.2. The quantitative estimate of drug-likeness (QED) is 0.865. The predicted molar refractivity (Wildman–Crippen MR) is 79.2 cm³/mol. The third-order valence-corrected chi connectivity index (χ3v) is 4.08. The molecule has 1 aromatic rings. The average Bonchev–Trinajstić information content (AvgIpc) is 2.93. The Morgan fingerprint density at radius 2 is 2.14 bits per heavy atom. The highest BCUT2D eigenvalue weighted by molar-refractivity contribution is 7.14. The number of hydrogen-bond acceptors (Lipinski definition) is 5. The third-order valence-electron chi connectivity index (χ3n) is 3.32. The number of nitrogens with one attached hydrogen (secondary N) is 2. The van der Waals surface area contributed by atoms with E-state index in [0.717, 1.165) is 12.8 Å². The fourth-order valence-electron chi connectivity index (χ4n) is 2.34. The molecule has 0 aromatic carbocycles. The summed E-state index contributed by atoms with van der Waals surface area (Å²) in [5.41, 5.74) is 0.263. The second kappa shape index (κ2) is 6.66. The van der Waals surface area contributed by atoms with Crippen molar-refractivity contribution in [2.75, 3.05) is 18.9 Å². The number of piperidine rings is 1. The van der Waals surface area contributed by atoms with Gasteiger partial charge in [0.1, 0.15) is 11.7 Å². The van der Waals surface area contributed by atoms with Crippen molar-refractivity contribution in [1.82, 2.24) is 15.2 Å². The van der Waals surface area contributed by atoms with E-state index in [1.165, 1.54) is 18.3 Å². The van der Waals surface area contributed by atoms with E-state index in [-0.39, 0.29) is 23.4 Å². The lowest BCUT2D eigenvalue weighted by molar-refractivity contribution is -0.126. The monoisotopic (exact) mass is 310 g/mol. The summed E-state index contributed by atoms with van der Waals surface area (Å²) in [6.45, 7) is 1.93. The average molecular weight is 310 g/mol. The van der Waals surface area contributed by atoms with Gasteiger partial charge < -0.3 is 15.5 Å². The van der Waals surface area contributed by atoms with Crippen molar-refractivity contribution in [3.63, 3.8) is 0 Å². The summed E-state index contributed by atoms with van der Waals surface area (Å²) in [5, 5.41) is 7.13. The van der Waals surface area contributed by atoms with Crippen LogP contribution in [0.3, 0.4) is 0 Å². The minimum absolute atomic E-state index is 0.152. The molecule has 21 heavy (non-hydrogen) atoms. The van der Waals surface area contributed by atoms with Gasteiger partial charge in [0.15, 0.2) is 5.13 Å². The number of aromatic nitrogens is 1. The van der Waals surface area contributed by atoms with Gasteiger partial charge in [-0.25, -0.2) is 4.98 Å². The molecule has 0 aliphatic carbocycles. The summed E-state index contributed by atoms with van der Waals surface area (Å²) in [7, 11) is 1.57. The first-order chi connectivity index (χ1) is 10.0. The molecule has 7 nitrogen and oxygen atoms in total. The Kier molecular flexibility index (Phi) is 4.89. The number of thiazole rings is 1. The lowest BCUT2D eigenvalue weighted by Crippen LogP contribution is -2.51. The Morgan fingerprint density at radius 1 is 1.38 bits per heavy atom. The van der Waals surface area contributed by atoms with E-state index in [0.29, 0.717) is 18.1 Å². The van der Waals surface area contributed by atoms with Crippen molar-refractivity contribution in [2.24, 2.45) is 0 Å². The molecule has 1 aromatic heterocycles. The molecule has 2 N–H and O–H groups in total. The number of amides is 3. The van der Waals surface area contributed by atoms with E-state index in [1.807, 2.05) is 0 Å². The minimum atomic E-state index is -0.442. The van der Waals surface area contributed by atoms with E-state index in [2.05, 4.69) is 15.6 Å². The Labute approximate surface area is 126 Å². The van der Waals surface area contributed by atoms with Crippen LogP contribution in [0.25, 0.3) is 0 Å². The Bertz CT molecular complexity index is 557. The number of anilines is 1. The highest BCUT2D eigenvalue weighted by Crippen LogP contribution is 2.22. The maximum absolute atomic E-state index is 12.5. The number of carbonyl (C=O) groups is 3. The Balaban J connectivity index is 2.14. The fraction of sp³-hybridized carbons (Fsp3) is 0.538. The highest BCUT2D eigenvalue weighted by Gasteiger charge is 2.33. The van der Waals surface area contributed by atoms with Crippen molar-refractivity contribution in [3.8, 4) is 0 Å². The van der Waals surface area contributed by atoms with Crippen LogP contribution in [0.15, 0.2) is 5.38 Å². The van der Waals surface area contributed by atoms with Crippen LogP contribution in [-0.2, 0) is 9.59 Å². The second-order valence-corrected chi connectivity index (χ2v) is 5.70. The fourth-order valence-corrected chi connectivity index (χ4v) is 3.07. The zero-order valence-corrected chi connectivity index (χ0v) is 12.8. The van der Waals surface area contributed by atoms with Gasteiger partial charge in [-0.05, 0) is 19.3 Å². The molecule has 1 atom stereocenters. The first-order valence-electron chi connectivity index (χ1n) is 6.78. The summed E-state index contributed by atoms with van der Waals surface area (Å²) in [6.07, 6.45) is 2.46. The van der Waals surface area contributed by atoms with Gasteiger partial charge in [-0.3, -0.25) is 14.4 Å². The van der Waals surface area contributed by atoms with E-state index in [1.54, 1.807) is 17.3 Å². The van der Waals surface area contributed by atoms with E-state index < -0.39 is 6.04 Å². The van der Waals surface area contributed by atoms with Gasteiger partial charge in [0.25, 0.3) is 5.91 Å². The number of rotatable bonds is 3. The van der Waals surface area contributed by atoms with Gasteiger partial charge in [-0.15, -0.1) is 11.3 Å². The van der Waals surface area contributed by atoms with Crippen LogP contribution in [0, 0.1) is 0 Å². The number of hydrogen-bond donors (Lipinski definition) is 2. The highest BCUT2D eigenvalue weighted by atomic mass is 32.1. The van der Waals surface area contributed by atoms with Crippen LogP contribution in [-0.4, -0.2) is 47.2 Å². The molecular formula is C13H18N4O3S. The summed E-state index contributed by atoms with van der Waals surface area (Å²) in [4.78, 5) is 41.0. The molecule has 0 bridgehead atoms. The topological polar surface area (TPSA) is 91.4 Å². The summed E-state index contributed by atoms with van der Waals surface area (Å²) < 4.78 is 0. The molecule has 3 amide bonds. The number of carbonyl (C=O) groups excluding carboxylic acids is 3. The van der Waals surface area contributed by atoms with Gasteiger partial charge in [0.2, 0.25) is 11.8 Å². The van der Waals surface area contributed by atoms with Gasteiger partial charge in [0, 0.05) is 25.9 Å². The van der Waals surface area contributed by atoms with Crippen molar-refractivity contribution in [3.05, 3.63) is 11.1 Å². The Hall–Kier alpha value is -1.96. The van der Waals surface area contributed by atoms with Crippen LogP contribution >= 0.6 is 11.3 Å². The number of nitrogens with zero attached hydrogens (tertiary/aromatic N) is 2. The van der Waals surface area contributed by atoms with Crippen molar-refractivity contribution < 1.29 is 14.4 Å². The first kappa shape index (κ1) is 15.4. The molecule has 1 fully saturated rings. The minimum Gasteiger partial charge on any atom is -0.357 e. The molecule has 0 saturated carbocycles. The standard InChI is InChI=1S/C13H18N4O3S/c1-8(18)15-13-16-9(7-21-13)12(20)17-6-4-3-5-10(17)11(19)14-2/h7,10H,3-6H2,1-2H3,(H,14,19)(H,15,16,18). The predicted octanol–water partition coefficient (Wildman–Crippen LogP) is 0.842. The molecule has 1 saturated heterocycles. The lowest BCUT2D eigenvalue weighted by atomic mass is 10.0. The Morgan fingerprint density at radius 3 is 2.81 bits per heavy atom.